The van der Waals surface area contributed by atoms with E-state index in [-0.39, 0.29) is 23.8 Å². The highest BCUT2D eigenvalue weighted by Crippen LogP contribution is 2.39. The topological polar surface area (TPSA) is 78.3 Å². The Morgan fingerprint density at radius 1 is 1.34 bits per heavy atom. The van der Waals surface area contributed by atoms with Crippen LogP contribution >= 0.6 is 11.8 Å². The molecule has 2 aromatic heterocycles. The van der Waals surface area contributed by atoms with Gasteiger partial charge in [0.2, 0.25) is 5.91 Å². The van der Waals surface area contributed by atoms with Crippen LogP contribution in [0.25, 0.3) is 17.1 Å². The second-order valence-corrected chi connectivity index (χ2v) is 9.95. The first-order valence-corrected chi connectivity index (χ1v) is 12.3. The van der Waals surface area contributed by atoms with E-state index in [0.717, 1.165) is 24.1 Å². The van der Waals surface area contributed by atoms with Crippen molar-refractivity contribution in [1.29, 1.82) is 0 Å². The maximum Gasteiger partial charge on any atom is 0.387 e. The third kappa shape index (κ3) is 4.95. The summed E-state index contributed by atoms with van der Waals surface area (Å²) in [6.07, 6.45) is 2.30. The second kappa shape index (κ2) is 9.44. The number of halogens is 3. The summed E-state index contributed by atoms with van der Waals surface area (Å²) < 4.78 is 51.1. The molecule has 0 bridgehead atoms. The fourth-order valence-corrected chi connectivity index (χ4v) is 5.68. The average Bonchev–Trinajstić information content (AvgIpc) is 3.43. The molecule has 0 saturated carbocycles. The Morgan fingerprint density at radius 2 is 2.20 bits per heavy atom. The maximum absolute atomic E-state index is 13.5. The Bertz CT molecular complexity index is 1230. The monoisotopic (exact) mass is 504 g/mol. The number of ether oxygens (including phenoxy) is 2. The van der Waals surface area contributed by atoms with Crippen molar-refractivity contribution >= 4 is 17.7 Å². The minimum Gasteiger partial charge on any atom is -0.488 e. The number of hydrogen-bond acceptors (Lipinski definition) is 6. The zero-order valence-corrected chi connectivity index (χ0v) is 19.7. The lowest BCUT2D eigenvalue weighted by Crippen LogP contribution is -2.50. The van der Waals surface area contributed by atoms with Gasteiger partial charge in [-0.25, -0.2) is 14.1 Å². The fraction of sp³-hybridized carbons (Fsp3) is 0.375. The predicted octanol–water partition coefficient (Wildman–Crippen LogP) is 4.24. The summed E-state index contributed by atoms with van der Waals surface area (Å²) >= 11 is 1.81. The molecule has 2 aliphatic heterocycles. The number of aromatic nitrogens is 3. The smallest absolute Gasteiger partial charge is 0.387 e. The number of nitrogens with zero attached hydrogens (tertiary/aromatic N) is 3. The van der Waals surface area contributed by atoms with Gasteiger partial charge < -0.3 is 14.8 Å². The van der Waals surface area contributed by atoms with Crippen LogP contribution < -0.4 is 14.8 Å². The number of nitrogens with one attached hydrogen (secondary N) is 1. The molecule has 1 aromatic carbocycles. The first-order chi connectivity index (χ1) is 16.8. The zero-order valence-electron chi connectivity index (χ0n) is 18.8. The Labute approximate surface area is 204 Å². The van der Waals surface area contributed by atoms with Crippen LogP contribution in [0.4, 0.5) is 13.2 Å². The molecule has 1 fully saturated rings. The van der Waals surface area contributed by atoms with Crippen LogP contribution in [0.1, 0.15) is 19.0 Å². The van der Waals surface area contributed by atoms with Gasteiger partial charge in [-0.05, 0) is 43.4 Å². The molecule has 0 spiro atoms. The number of alkyl halides is 2. The van der Waals surface area contributed by atoms with Crippen molar-refractivity contribution in [3.05, 3.63) is 54.1 Å². The maximum atomic E-state index is 13.5. The SMILES string of the molecule is CC1(NC(=O)C2COc3c(-c4cccc(OC(F)F)c4)nn(-c4ccc(F)cn4)c3C2)CCSC1. The highest BCUT2D eigenvalue weighted by Gasteiger charge is 2.37. The Balaban J connectivity index is 1.50. The van der Waals surface area contributed by atoms with Crippen LogP contribution in [0, 0.1) is 11.7 Å². The molecule has 1 N–H and O–H groups in total. The van der Waals surface area contributed by atoms with E-state index >= 15 is 0 Å². The molecule has 11 heteroatoms. The summed E-state index contributed by atoms with van der Waals surface area (Å²) in [5, 5.41) is 7.79. The molecular formula is C24H23F3N4O3S. The number of pyridine rings is 1. The van der Waals surface area contributed by atoms with Crippen molar-refractivity contribution in [2.75, 3.05) is 18.1 Å². The van der Waals surface area contributed by atoms with Crippen LogP contribution in [0.15, 0.2) is 42.6 Å². The van der Waals surface area contributed by atoms with Crippen molar-refractivity contribution in [3.8, 4) is 28.6 Å². The van der Waals surface area contributed by atoms with Gasteiger partial charge in [-0.2, -0.15) is 25.6 Å². The first-order valence-electron chi connectivity index (χ1n) is 11.1. The summed E-state index contributed by atoms with van der Waals surface area (Å²) in [5.41, 5.74) is 1.23. The number of rotatable bonds is 6. The molecule has 2 atom stereocenters. The van der Waals surface area contributed by atoms with Crippen molar-refractivity contribution in [1.82, 2.24) is 20.1 Å². The number of hydrogen-bond donors (Lipinski definition) is 1. The molecule has 1 amide bonds. The van der Waals surface area contributed by atoms with E-state index in [1.165, 1.54) is 28.9 Å². The lowest BCUT2D eigenvalue weighted by molar-refractivity contribution is -0.127. The fourth-order valence-electron chi connectivity index (χ4n) is 4.27. The molecule has 1 saturated heterocycles. The molecule has 0 radical (unpaired) electrons. The van der Waals surface area contributed by atoms with E-state index in [0.29, 0.717) is 34.9 Å². The predicted molar refractivity (Wildman–Crippen MR) is 125 cm³/mol. The van der Waals surface area contributed by atoms with Crippen molar-refractivity contribution in [2.45, 2.75) is 31.9 Å². The van der Waals surface area contributed by atoms with Gasteiger partial charge in [-0.1, -0.05) is 12.1 Å². The molecular weight excluding hydrogens is 481 g/mol. The summed E-state index contributed by atoms with van der Waals surface area (Å²) in [4.78, 5) is 17.2. The number of carbonyl (C=O) groups is 1. The minimum absolute atomic E-state index is 0.0172. The first kappa shape index (κ1) is 23.5. The second-order valence-electron chi connectivity index (χ2n) is 8.84. The van der Waals surface area contributed by atoms with Crippen molar-refractivity contribution in [2.24, 2.45) is 5.92 Å². The van der Waals surface area contributed by atoms with E-state index in [1.54, 1.807) is 12.1 Å². The van der Waals surface area contributed by atoms with E-state index < -0.39 is 18.3 Å². The van der Waals surface area contributed by atoms with E-state index in [4.69, 9.17) is 4.74 Å². The van der Waals surface area contributed by atoms with Gasteiger partial charge in [-0.3, -0.25) is 4.79 Å². The van der Waals surface area contributed by atoms with Gasteiger partial charge >= 0.3 is 6.61 Å². The third-order valence-corrected chi connectivity index (χ3v) is 7.41. The van der Waals surface area contributed by atoms with E-state index in [9.17, 15) is 18.0 Å². The summed E-state index contributed by atoms with van der Waals surface area (Å²) in [6.45, 7) is -0.778. The van der Waals surface area contributed by atoms with Gasteiger partial charge in [0.1, 0.15) is 23.9 Å². The molecule has 0 aliphatic carbocycles. The molecule has 2 unspecified atom stereocenters. The van der Waals surface area contributed by atoms with Crippen LogP contribution in [-0.4, -0.2) is 50.9 Å². The van der Waals surface area contributed by atoms with Crippen LogP contribution in [0.2, 0.25) is 0 Å². The van der Waals surface area contributed by atoms with Crippen LogP contribution in [0.5, 0.6) is 11.5 Å². The van der Waals surface area contributed by atoms with Gasteiger partial charge in [0.05, 0.1) is 17.8 Å². The number of thioether (sulfide) groups is 1. The third-order valence-electron chi connectivity index (χ3n) is 6.08. The lowest BCUT2D eigenvalue weighted by Gasteiger charge is -2.29. The summed E-state index contributed by atoms with van der Waals surface area (Å²) in [7, 11) is 0. The number of fused-ring (bicyclic) bond motifs is 1. The number of carbonyl (C=O) groups excluding carboxylic acids is 1. The highest BCUT2D eigenvalue weighted by atomic mass is 32.2. The quantitative estimate of drug-likeness (QED) is 0.541. The van der Waals surface area contributed by atoms with Crippen molar-refractivity contribution in [3.63, 3.8) is 0 Å². The van der Waals surface area contributed by atoms with E-state index in [1.807, 2.05) is 18.7 Å². The Hall–Kier alpha value is -3.21. The average molecular weight is 505 g/mol. The van der Waals surface area contributed by atoms with Crippen molar-refractivity contribution < 1.29 is 27.4 Å². The molecule has 5 rings (SSSR count). The van der Waals surface area contributed by atoms with Gasteiger partial charge in [0.15, 0.2) is 11.6 Å². The Kier molecular flexibility index (Phi) is 6.35. The largest absolute Gasteiger partial charge is 0.488 e. The normalized spacial score (nSPS) is 21.5. The zero-order chi connectivity index (χ0) is 24.6. The summed E-state index contributed by atoms with van der Waals surface area (Å²) in [5.74, 6) is 1.56. The van der Waals surface area contributed by atoms with Gasteiger partial charge in [0.25, 0.3) is 0 Å². The molecule has 7 nitrogen and oxygen atoms in total. The molecule has 35 heavy (non-hydrogen) atoms. The molecule has 184 valence electrons. The van der Waals surface area contributed by atoms with Gasteiger partial charge in [0, 0.05) is 23.3 Å². The number of amides is 1. The Morgan fingerprint density at radius 3 is 2.91 bits per heavy atom. The van der Waals surface area contributed by atoms with E-state index in [2.05, 4.69) is 20.1 Å². The highest BCUT2D eigenvalue weighted by molar-refractivity contribution is 7.99. The van der Waals surface area contributed by atoms with Crippen LogP contribution in [-0.2, 0) is 11.2 Å². The van der Waals surface area contributed by atoms with Crippen LogP contribution in [0.3, 0.4) is 0 Å². The molecule has 4 heterocycles. The molecule has 3 aromatic rings. The lowest BCUT2D eigenvalue weighted by atomic mass is 9.95. The summed E-state index contributed by atoms with van der Waals surface area (Å²) in [6, 6.07) is 8.88. The van der Waals surface area contributed by atoms with Gasteiger partial charge in [-0.15, -0.1) is 0 Å². The minimum atomic E-state index is -2.96. The number of benzene rings is 1. The standard InChI is InChI=1S/C24H23F3N4O3S/c1-24(7-8-35-13-24)29-22(32)15-10-18-21(33-12-15)20(14-3-2-4-17(9-14)34-23(26)27)30-31(18)19-6-5-16(25)11-28-19/h2-6,9,11,15,23H,7-8,10,12-13H2,1H3,(H,29,32). The molecule has 2 aliphatic rings.